The highest BCUT2D eigenvalue weighted by Gasteiger charge is 2.31. The number of nitrogens with one attached hydrogen (secondary N) is 1. The topological polar surface area (TPSA) is 12.0 Å². The van der Waals surface area contributed by atoms with Gasteiger partial charge >= 0.3 is 0 Å². The molecule has 1 N–H and O–H groups in total. The van der Waals surface area contributed by atoms with Gasteiger partial charge in [-0.15, -0.1) is 0 Å². The lowest BCUT2D eigenvalue weighted by atomic mass is 9.98. The fourth-order valence-electron chi connectivity index (χ4n) is 1.77. The van der Waals surface area contributed by atoms with Crippen LogP contribution in [0.3, 0.4) is 0 Å². The highest BCUT2D eigenvalue weighted by Crippen LogP contribution is 2.34. The number of hydrogen-bond donors (Lipinski definition) is 1. The lowest BCUT2D eigenvalue weighted by Crippen LogP contribution is -2.17. The summed E-state index contributed by atoms with van der Waals surface area (Å²) in [5.41, 5.74) is 1.15. The molecule has 1 aromatic carbocycles. The molecule has 0 aromatic heterocycles. The Morgan fingerprint density at radius 2 is 1.76 bits per heavy atom. The lowest BCUT2D eigenvalue weighted by molar-refractivity contribution is -0.0249. The Labute approximate surface area is 102 Å². The van der Waals surface area contributed by atoms with Gasteiger partial charge in [0, 0.05) is 18.5 Å². The number of hydrogen-bond acceptors (Lipinski definition) is 1. The van der Waals surface area contributed by atoms with E-state index in [1.165, 1.54) is 12.1 Å². The molecule has 0 atom stereocenters. The Kier molecular flexibility index (Phi) is 5.06. The molecular formula is C14H21F2N. The quantitative estimate of drug-likeness (QED) is 0.795. The van der Waals surface area contributed by atoms with Crippen molar-refractivity contribution >= 4 is 0 Å². The SMILES string of the molecule is CCNCc1ccc(C(F)(F)CC(C)C)cc1. The van der Waals surface area contributed by atoms with Crippen molar-refractivity contribution in [3.63, 3.8) is 0 Å². The van der Waals surface area contributed by atoms with E-state index in [1.54, 1.807) is 12.1 Å². The minimum Gasteiger partial charge on any atom is -0.313 e. The summed E-state index contributed by atoms with van der Waals surface area (Å²) < 4.78 is 27.5. The van der Waals surface area contributed by atoms with Crippen LogP contribution in [0.2, 0.25) is 0 Å². The van der Waals surface area contributed by atoms with Crippen LogP contribution in [-0.4, -0.2) is 6.54 Å². The van der Waals surface area contributed by atoms with Gasteiger partial charge in [0.15, 0.2) is 0 Å². The van der Waals surface area contributed by atoms with E-state index in [9.17, 15) is 8.78 Å². The first-order chi connectivity index (χ1) is 7.95. The van der Waals surface area contributed by atoms with E-state index in [0.717, 1.165) is 18.7 Å². The summed E-state index contributed by atoms with van der Waals surface area (Å²) in [4.78, 5) is 0. The summed E-state index contributed by atoms with van der Waals surface area (Å²) in [6.45, 7) is 7.25. The summed E-state index contributed by atoms with van der Waals surface area (Å²) in [5.74, 6) is -2.73. The number of halogens is 2. The Bertz CT molecular complexity index is 331. The van der Waals surface area contributed by atoms with Gasteiger partial charge in [-0.25, -0.2) is 8.78 Å². The van der Waals surface area contributed by atoms with Crippen molar-refractivity contribution < 1.29 is 8.78 Å². The van der Waals surface area contributed by atoms with E-state index in [1.807, 2.05) is 20.8 Å². The molecule has 1 rings (SSSR count). The maximum absolute atomic E-state index is 13.8. The van der Waals surface area contributed by atoms with Gasteiger partial charge in [-0.3, -0.25) is 0 Å². The van der Waals surface area contributed by atoms with Crippen molar-refractivity contribution in [2.45, 2.75) is 39.7 Å². The molecule has 1 aromatic rings. The van der Waals surface area contributed by atoms with Crippen LogP contribution >= 0.6 is 0 Å². The van der Waals surface area contributed by atoms with Crippen LogP contribution < -0.4 is 5.32 Å². The minimum absolute atomic E-state index is 0.00793. The van der Waals surface area contributed by atoms with Gasteiger partial charge in [0.25, 0.3) is 5.92 Å². The molecule has 96 valence electrons. The van der Waals surface area contributed by atoms with Gasteiger partial charge in [0.05, 0.1) is 0 Å². The number of rotatable bonds is 6. The van der Waals surface area contributed by atoms with Crippen molar-refractivity contribution in [1.29, 1.82) is 0 Å². The molecule has 0 aliphatic rings. The zero-order chi connectivity index (χ0) is 12.9. The third-order valence-corrected chi connectivity index (χ3v) is 2.62. The van der Waals surface area contributed by atoms with Crippen molar-refractivity contribution in [3.05, 3.63) is 35.4 Å². The highest BCUT2D eigenvalue weighted by atomic mass is 19.3. The van der Waals surface area contributed by atoms with Crippen LogP contribution in [0.5, 0.6) is 0 Å². The first kappa shape index (κ1) is 14.1. The monoisotopic (exact) mass is 241 g/mol. The van der Waals surface area contributed by atoms with Crippen molar-refractivity contribution in [2.24, 2.45) is 5.92 Å². The van der Waals surface area contributed by atoms with Gasteiger partial charge in [0.2, 0.25) is 0 Å². The average Bonchev–Trinajstić information content (AvgIpc) is 2.25. The Hall–Kier alpha value is -0.960. The predicted molar refractivity (Wildman–Crippen MR) is 67.2 cm³/mol. The molecule has 0 aliphatic carbocycles. The lowest BCUT2D eigenvalue weighted by Gasteiger charge is -2.19. The molecule has 0 radical (unpaired) electrons. The molecule has 0 heterocycles. The van der Waals surface area contributed by atoms with Gasteiger partial charge in [-0.2, -0.15) is 0 Å². The van der Waals surface area contributed by atoms with E-state index in [-0.39, 0.29) is 17.9 Å². The van der Waals surface area contributed by atoms with E-state index in [4.69, 9.17) is 0 Å². The summed E-state index contributed by atoms with van der Waals surface area (Å²) in [6, 6.07) is 6.61. The third-order valence-electron chi connectivity index (χ3n) is 2.62. The summed E-state index contributed by atoms with van der Waals surface area (Å²) >= 11 is 0. The van der Waals surface area contributed by atoms with Gasteiger partial charge in [-0.05, 0) is 18.0 Å². The van der Waals surface area contributed by atoms with Crippen molar-refractivity contribution in [2.75, 3.05) is 6.54 Å². The van der Waals surface area contributed by atoms with E-state index < -0.39 is 5.92 Å². The predicted octanol–water partition coefficient (Wildman–Crippen LogP) is 3.93. The molecule has 0 amide bonds. The van der Waals surface area contributed by atoms with Gasteiger partial charge in [-0.1, -0.05) is 45.0 Å². The second kappa shape index (κ2) is 6.10. The first-order valence-corrected chi connectivity index (χ1v) is 6.13. The largest absolute Gasteiger partial charge is 0.313 e. The van der Waals surface area contributed by atoms with Crippen LogP contribution in [0.1, 0.15) is 38.3 Å². The van der Waals surface area contributed by atoms with E-state index in [0.29, 0.717) is 0 Å². The van der Waals surface area contributed by atoms with Crippen LogP contribution in [0.15, 0.2) is 24.3 Å². The maximum atomic E-state index is 13.8. The van der Waals surface area contributed by atoms with Crippen LogP contribution in [-0.2, 0) is 12.5 Å². The summed E-state index contributed by atoms with van der Waals surface area (Å²) in [6.07, 6.45) is -0.0977. The Morgan fingerprint density at radius 3 is 2.24 bits per heavy atom. The molecule has 0 spiro atoms. The van der Waals surface area contributed by atoms with Crippen LogP contribution in [0, 0.1) is 5.92 Å². The van der Waals surface area contributed by atoms with Crippen LogP contribution in [0.4, 0.5) is 8.78 Å². The molecule has 17 heavy (non-hydrogen) atoms. The molecule has 0 saturated carbocycles. The average molecular weight is 241 g/mol. The molecule has 0 saturated heterocycles. The van der Waals surface area contributed by atoms with Crippen LogP contribution in [0.25, 0.3) is 0 Å². The number of alkyl halides is 2. The third kappa shape index (κ3) is 4.43. The van der Waals surface area contributed by atoms with Crippen molar-refractivity contribution in [1.82, 2.24) is 5.32 Å². The number of benzene rings is 1. The molecule has 0 unspecified atom stereocenters. The van der Waals surface area contributed by atoms with Gasteiger partial charge in [0.1, 0.15) is 0 Å². The molecule has 0 bridgehead atoms. The molecular weight excluding hydrogens is 220 g/mol. The second-order valence-electron chi connectivity index (χ2n) is 4.78. The smallest absolute Gasteiger partial charge is 0.273 e. The normalized spacial score (nSPS) is 12.1. The molecule has 0 fully saturated rings. The zero-order valence-corrected chi connectivity index (χ0v) is 10.8. The van der Waals surface area contributed by atoms with Crippen molar-refractivity contribution in [3.8, 4) is 0 Å². The Morgan fingerprint density at radius 1 is 1.18 bits per heavy atom. The zero-order valence-electron chi connectivity index (χ0n) is 10.8. The van der Waals surface area contributed by atoms with E-state index >= 15 is 0 Å². The fourth-order valence-corrected chi connectivity index (χ4v) is 1.77. The van der Waals surface area contributed by atoms with E-state index in [2.05, 4.69) is 5.32 Å². The fraction of sp³-hybridized carbons (Fsp3) is 0.571. The summed E-state index contributed by atoms with van der Waals surface area (Å²) in [7, 11) is 0. The minimum atomic E-state index is -2.72. The Balaban J connectivity index is 2.72. The molecule has 3 heteroatoms. The summed E-state index contributed by atoms with van der Waals surface area (Å²) in [5, 5.41) is 3.17. The highest BCUT2D eigenvalue weighted by molar-refractivity contribution is 5.25. The van der Waals surface area contributed by atoms with Gasteiger partial charge < -0.3 is 5.32 Å². The molecule has 0 aliphatic heterocycles. The molecule has 1 nitrogen and oxygen atoms in total. The standard InChI is InChI=1S/C14H21F2N/c1-4-17-10-12-5-7-13(8-6-12)14(15,16)9-11(2)3/h5-8,11,17H,4,9-10H2,1-3H3. The maximum Gasteiger partial charge on any atom is 0.273 e. The first-order valence-electron chi connectivity index (χ1n) is 6.13. The second-order valence-corrected chi connectivity index (χ2v) is 4.78.